The Morgan fingerprint density at radius 2 is 1.80 bits per heavy atom. The molecule has 3 aromatic heterocycles. The van der Waals surface area contributed by atoms with Crippen molar-refractivity contribution in [3.63, 3.8) is 0 Å². The number of furan rings is 1. The SMILES string of the molecule is O=C(Nc1ccc(-c2csnn2)cc1)c1cc(-c2ccco2)nn1-c1ccccc1. The Morgan fingerprint density at radius 1 is 0.967 bits per heavy atom. The van der Waals surface area contributed by atoms with E-state index in [2.05, 4.69) is 20.0 Å². The maximum atomic E-state index is 13.1. The number of anilines is 1. The van der Waals surface area contributed by atoms with Crippen molar-refractivity contribution in [3.05, 3.63) is 90.1 Å². The largest absolute Gasteiger partial charge is 0.463 e. The molecule has 5 rings (SSSR count). The molecule has 5 aromatic rings. The van der Waals surface area contributed by atoms with Gasteiger partial charge in [0.2, 0.25) is 0 Å². The number of carbonyl (C=O) groups is 1. The molecule has 3 heterocycles. The Labute approximate surface area is 175 Å². The van der Waals surface area contributed by atoms with Crippen molar-refractivity contribution in [1.29, 1.82) is 0 Å². The van der Waals surface area contributed by atoms with Crippen molar-refractivity contribution in [2.75, 3.05) is 5.32 Å². The van der Waals surface area contributed by atoms with E-state index in [0.29, 0.717) is 22.8 Å². The first kappa shape index (κ1) is 18.0. The molecular formula is C22H15N5O2S. The van der Waals surface area contributed by atoms with E-state index in [1.165, 1.54) is 11.5 Å². The lowest BCUT2D eigenvalue weighted by Gasteiger charge is -2.08. The summed E-state index contributed by atoms with van der Waals surface area (Å²) in [5.74, 6) is 0.326. The number of nitrogens with zero attached hydrogens (tertiary/aromatic N) is 4. The third-order valence-corrected chi connectivity index (χ3v) is 5.02. The molecule has 30 heavy (non-hydrogen) atoms. The Morgan fingerprint density at radius 3 is 2.50 bits per heavy atom. The molecular weight excluding hydrogens is 398 g/mol. The van der Waals surface area contributed by atoms with Crippen molar-refractivity contribution in [1.82, 2.24) is 19.4 Å². The number of rotatable bonds is 5. The zero-order valence-electron chi connectivity index (χ0n) is 15.6. The Balaban J connectivity index is 1.46. The van der Waals surface area contributed by atoms with Crippen LogP contribution in [0, 0.1) is 0 Å². The molecule has 0 spiro atoms. The highest BCUT2D eigenvalue weighted by Crippen LogP contribution is 2.24. The van der Waals surface area contributed by atoms with Gasteiger partial charge in [-0.2, -0.15) is 5.10 Å². The van der Waals surface area contributed by atoms with Gasteiger partial charge < -0.3 is 9.73 Å². The summed E-state index contributed by atoms with van der Waals surface area (Å²) in [5.41, 5.74) is 4.19. The average molecular weight is 413 g/mol. The minimum atomic E-state index is -0.271. The minimum absolute atomic E-state index is 0.271. The van der Waals surface area contributed by atoms with Gasteiger partial charge in [0.1, 0.15) is 17.1 Å². The molecule has 7 nitrogen and oxygen atoms in total. The number of carbonyl (C=O) groups excluding carboxylic acids is 1. The third-order valence-electron chi connectivity index (χ3n) is 4.51. The van der Waals surface area contributed by atoms with E-state index in [1.54, 1.807) is 23.1 Å². The molecule has 1 N–H and O–H groups in total. The molecule has 0 saturated heterocycles. The predicted octanol–water partition coefficient (Wildman–Crippen LogP) is 4.90. The minimum Gasteiger partial charge on any atom is -0.463 e. The lowest BCUT2D eigenvalue weighted by molar-refractivity contribution is 0.101. The lowest BCUT2D eigenvalue weighted by Crippen LogP contribution is -2.16. The van der Waals surface area contributed by atoms with Crippen LogP contribution in [0.25, 0.3) is 28.4 Å². The number of aromatic nitrogens is 4. The molecule has 0 atom stereocenters. The maximum absolute atomic E-state index is 13.1. The van der Waals surface area contributed by atoms with Crippen molar-refractivity contribution in [2.24, 2.45) is 0 Å². The topological polar surface area (TPSA) is 85.8 Å². The number of para-hydroxylation sites is 1. The normalized spacial score (nSPS) is 10.8. The molecule has 0 fully saturated rings. The maximum Gasteiger partial charge on any atom is 0.274 e. The molecule has 0 aliphatic rings. The smallest absolute Gasteiger partial charge is 0.274 e. The first-order valence-corrected chi connectivity index (χ1v) is 10.00. The third kappa shape index (κ3) is 3.51. The first-order valence-electron chi connectivity index (χ1n) is 9.16. The van der Waals surface area contributed by atoms with Crippen LogP contribution in [0.4, 0.5) is 5.69 Å². The van der Waals surface area contributed by atoms with E-state index in [0.717, 1.165) is 16.9 Å². The van der Waals surface area contributed by atoms with Crippen molar-refractivity contribution in [3.8, 4) is 28.4 Å². The summed E-state index contributed by atoms with van der Waals surface area (Å²) in [6.07, 6.45) is 1.58. The summed E-state index contributed by atoms with van der Waals surface area (Å²) in [6.45, 7) is 0. The molecule has 1 amide bonds. The van der Waals surface area contributed by atoms with E-state index in [4.69, 9.17) is 4.42 Å². The molecule has 0 aliphatic heterocycles. The molecule has 0 saturated carbocycles. The van der Waals surface area contributed by atoms with Crippen LogP contribution in [0.2, 0.25) is 0 Å². The van der Waals surface area contributed by atoms with E-state index in [9.17, 15) is 4.79 Å². The van der Waals surface area contributed by atoms with Gasteiger partial charge in [-0.05, 0) is 47.9 Å². The summed E-state index contributed by atoms with van der Waals surface area (Å²) >= 11 is 1.30. The van der Waals surface area contributed by atoms with Crippen molar-refractivity contribution in [2.45, 2.75) is 0 Å². The summed E-state index contributed by atoms with van der Waals surface area (Å²) in [4.78, 5) is 13.1. The van der Waals surface area contributed by atoms with Gasteiger partial charge >= 0.3 is 0 Å². The van der Waals surface area contributed by atoms with E-state index in [1.807, 2.05) is 66.0 Å². The number of hydrogen-bond acceptors (Lipinski definition) is 6. The lowest BCUT2D eigenvalue weighted by atomic mass is 10.1. The highest BCUT2D eigenvalue weighted by atomic mass is 32.1. The van der Waals surface area contributed by atoms with Crippen LogP contribution in [0.15, 0.2) is 88.9 Å². The van der Waals surface area contributed by atoms with E-state index < -0.39 is 0 Å². The number of amides is 1. The zero-order valence-corrected chi connectivity index (χ0v) is 16.4. The molecule has 2 aromatic carbocycles. The quantitative estimate of drug-likeness (QED) is 0.443. The van der Waals surface area contributed by atoms with Crippen LogP contribution >= 0.6 is 11.5 Å². The van der Waals surface area contributed by atoms with Crippen LogP contribution in [0.3, 0.4) is 0 Å². The predicted molar refractivity (Wildman–Crippen MR) is 115 cm³/mol. The highest BCUT2D eigenvalue weighted by molar-refractivity contribution is 7.03. The van der Waals surface area contributed by atoms with Crippen LogP contribution in [0.5, 0.6) is 0 Å². The summed E-state index contributed by atoms with van der Waals surface area (Å²) in [7, 11) is 0. The average Bonchev–Trinajstić information content (AvgIpc) is 3.56. The number of nitrogens with one attached hydrogen (secondary N) is 1. The molecule has 8 heteroatoms. The second kappa shape index (κ2) is 7.76. The standard InChI is InChI=1S/C22H15N5O2S/c28-22(23-16-10-8-15(9-11-16)19-14-30-26-24-19)20-13-18(21-7-4-12-29-21)25-27(20)17-5-2-1-3-6-17/h1-14H,(H,23,28). The highest BCUT2D eigenvalue weighted by Gasteiger charge is 2.19. The van der Waals surface area contributed by atoms with Gasteiger partial charge in [0.25, 0.3) is 5.91 Å². The second-order valence-corrected chi connectivity index (χ2v) is 7.07. The zero-order chi connectivity index (χ0) is 20.3. The first-order chi connectivity index (χ1) is 14.8. The molecule has 0 aliphatic carbocycles. The Kier molecular flexibility index (Phi) is 4.66. The second-order valence-electron chi connectivity index (χ2n) is 6.46. The van der Waals surface area contributed by atoms with Gasteiger partial charge in [0.05, 0.1) is 12.0 Å². The van der Waals surface area contributed by atoms with Gasteiger partial charge in [0, 0.05) is 22.7 Å². The van der Waals surface area contributed by atoms with Crippen LogP contribution in [-0.4, -0.2) is 25.3 Å². The Bertz CT molecular complexity index is 1260. The van der Waals surface area contributed by atoms with Gasteiger partial charge in [-0.3, -0.25) is 4.79 Å². The summed E-state index contributed by atoms with van der Waals surface area (Å²) < 4.78 is 10.9. The fourth-order valence-electron chi connectivity index (χ4n) is 3.06. The molecule has 0 unspecified atom stereocenters. The van der Waals surface area contributed by atoms with Crippen molar-refractivity contribution >= 4 is 23.1 Å². The van der Waals surface area contributed by atoms with E-state index >= 15 is 0 Å². The molecule has 146 valence electrons. The number of hydrogen-bond donors (Lipinski definition) is 1. The summed E-state index contributed by atoms with van der Waals surface area (Å²) in [6, 6.07) is 22.3. The molecule has 0 radical (unpaired) electrons. The number of benzene rings is 2. The van der Waals surface area contributed by atoms with Gasteiger partial charge in [-0.25, -0.2) is 4.68 Å². The van der Waals surface area contributed by atoms with Crippen molar-refractivity contribution < 1.29 is 9.21 Å². The van der Waals surface area contributed by atoms with Gasteiger partial charge in [0.15, 0.2) is 5.76 Å². The van der Waals surface area contributed by atoms with Crippen LogP contribution in [-0.2, 0) is 0 Å². The monoisotopic (exact) mass is 413 g/mol. The molecule has 0 bridgehead atoms. The fraction of sp³-hybridized carbons (Fsp3) is 0. The van der Waals surface area contributed by atoms with E-state index in [-0.39, 0.29) is 5.91 Å². The van der Waals surface area contributed by atoms with Crippen LogP contribution in [0.1, 0.15) is 10.5 Å². The Hall–Kier alpha value is -4.04. The van der Waals surface area contributed by atoms with Gasteiger partial charge in [-0.1, -0.05) is 34.8 Å². The van der Waals surface area contributed by atoms with Crippen LogP contribution < -0.4 is 5.32 Å². The summed E-state index contributed by atoms with van der Waals surface area (Å²) in [5, 5.41) is 13.5. The fourth-order valence-corrected chi connectivity index (χ4v) is 3.53. The van der Waals surface area contributed by atoms with Gasteiger partial charge in [-0.15, -0.1) is 5.10 Å².